The van der Waals surface area contributed by atoms with E-state index in [4.69, 9.17) is 11.6 Å². The maximum absolute atomic E-state index is 15.1. The number of aryl methyl sites for hydroxylation is 1. The van der Waals surface area contributed by atoms with Crippen LogP contribution in [0.25, 0.3) is 17.1 Å². The monoisotopic (exact) mass is 468 g/mol. The van der Waals surface area contributed by atoms with Crippen LogP contribution in [0.4, 0.5) is 10.2 Å². The lowest BCUT2D eigenvalue weighted by Crippen LogP contribution is -2.48. The summed E-state index contributed by atoms with van der Waals surface area (Å²) >= 11 is 5.92. The lowest BCUT2D eigenvalue weighted by atomic mass is 10.1. The van der Waals surface area contributed by atoms with Crippen LogP contribution in [0.15, 0.2) is 47.4 Å². The molecule has 3 heterocycles. The molecule has 172 valence electrons. The van der Waals surface area contributed by atoms with Crippen LogP contribution < -0.4 is 10.3 Å². The Kier molecular flexibility index (Phi) is 6.79. The van der Waals surface area contributed by atoms with Crippen molar-refractivity contribution in [2.75, 3.05) is 31.1 Å². The van der Waals surface area contributed by atoms with Crippen molar-refractivity contribution >= 4 is 40.4 Å². The summed E-state index contributed by atoms with van der Waals surface area (Å²) in [7, 11) is 0. The highest BCUT2D eigenvalue weighted by Crippen LogP contribution is 2.23. The summed E-state index contributed by atoms with van der Waals surface area (Å²) in [5, 5.41) is 0.944. The van der Waals surface area contributed by atoms with Gasteiger partial charge in [-0.3, -0.25) is 9.59 Å². The average Bonchev–Trinajstić information content (AvgIpc) is 2.82. The lowest BCUT2D eigenvalue weighted by Gasteiger charge is -2.35. The fraction of sp³-hybridized carbons (Fsp3) is 0.320. The number of carbonyl (C=O) groups excluding carboxylic acids is 1. The van der Waals surface area contributed by atoms with Gasteiger partial charge in [0.15, 0.2) is 17.1 Å². The topological polar surface area (TPSA) is 58.4 Å². The first-order valence-electron chi connectivity index (χ1n) is 11.0. The normalized spacial score (nSPS) is 14.4. The third kappa shape index (κ3) is 4.93. The molecule has 0 saturated carbocycles. The van der Waals surface area contributed by atoms with Gasteiger partial charge >= 0.3 is 0 Å². The Labute approximate surface area is 196 Å². The maximum atomic E-state index is 15.1. The van der Waals surface area contributed by atoms with Gasteiger partial charge in [-0.2, -0.15) is 0 Å². The number of pyridine rings is 2. The molecule has 3 aromatic rings. The Morgan fingerprint density at radius 3 is 2.52 bits per heavy atom. The highest BCUT2D eigenvalue weighted by Gasteiger charge is 2.23. The molecule has 0 unspecified atom stereocenters. The molecule has 33 heavy (non-hydrogen) atoms. The number of aromatic nitrogens is 2. The molecule has 0 bridgehead atoms. The summed E-state index contributed by atoms with van der Waals surface area (Å²) in [6, 6.07) is 8.73. The summed E-state index contributed by atoms with van der Waals surface area (Å²) in [6.45, 7) is 6.14. The number of halogens is 2. The van der Waals surface area contributed by atoms with E-state index in [-0.39, 0.29) is 22.5 Å². The van der Waals surface area contributed by atoms with Crippen LogP contribution in [0, 0.1) is 5.82 Å². The third-order valence-electron chi connectivity index (χ3n) is 5.94. The van der Waals surface area contributed by atoms with E-state index in [9.17, 15) is 9.59 Å². The molecular weight excluding hydrogens is 443 g/mol. The third-order valence-corrected chi connectivity index (χ3v) is 6.19. The Hall–Kier alpha value is -3.19. The minimum atomic E-state index is -0.521. The Balaban J connectivity index is 1.64. The molecule has 6 nitrogen and oxygen atoms in total. The highest BCUT2D eigenvalue weighted by molar-refractivity contribution is 6.30. The van der Waals surface area contributed by atoms with Gasteiger partial charge in [-0.05, 0) is 37.1 Å². The molecule has 0 N–H and O–H groups in total. The van der Waals surface area contributed by atoms with Gasteiger partial charge in [-0.1, -0.05) is 35.9 Å². The quantitative estimate of drug-likeness (QED) is 0.565. The summed E-state index contributed by atoms with van der Waals surface area (Å²) < 4.78 is 16.9. The van der Waals surface area contributed by atoms with E-state index >= 15 is 4.39 Å². The van der Waals surface area contributed by atoms with Crippen molar-refractivity contribution in [2.45, 2.75) is 26.8 Å². The fourth-order valence-electron chi connectivity index (χ4n) is 4.07. The molecule has 1 aliphatic rings. The van der Waals surface area contributed by atoms with Crippen LogP contribution in [0.1, 0.15) is 25.0 Å². The van der Waals surface area contributed by atoms with Crippen LogP contribution in [0.2, 0.25) is 5.02 Å². The summed E-state index contributed by atoms with van der Waals surface area (Å²) in [5.41, 5.74) is 1.82. The molecular formula is C25H26ClFN4O2. The van der Waals surface area contributed by atoms with Gasteiger partial charge < -0.3 is 14.4 Å². The first kappa shape index (κ1) is 23.0. The second kappa shape index (κ2) is 9.75. The summed E-state index contributed by atoms with van der Waals surface area (Å²) in [6.07, 6.45) is 6.07. The molecule has 1 aliphatic heterocycles. The van der Waals surface area contributed by atoms with Crippen molar-refractivity contribution in [1.82, 2.24) is 14.5 Å². The molecule has 1 aromatic carbocycles. The number of hydrogen-bond donors (Lipinski definition) is 0. The Bertz CT molecular complexity index is 1260. The minimum absolute atomic E-state index is 0.0130. The van der Waals surface area contributed by atoms with Gasteiger partial charge in [-0.25, -0.2) is 9.37 Å². The van der Waals surface area contributed by atoms with E-state index < -0.39 is 5.82 Å². The van der Waals surface area contributed by atoms with E-state index in [1.807, 2.05) is 52.8 Å². The number of carbonyl (C=O) groups is 1. The second-order valence-corrected chi connectivity index (χ2v) is 8.52. The van der Waals surface area contributed by atoms with Crippen molar-refractivity contribution in [3.8, 4) is 0 Å². The van der Waals surface area contributed by atoms with Gasteiger partial charge in [0.1, 0.15) is 5.65 Å². The highest BCUT2D eigenvalue weighted by atomic mass is 35.5. The predicted molar refractivity (Wildman–Crippen MR) is 130 cm³/mol. The maximum Gasteiger partial charge on any atom is 0.219 e. The number of hydrogen-bond acceptors (Lipinski definition) is 4. The minimum Gasteiger partial charge on any atom is -0.351 e. The number of anilines is 1. The molecule has 0 atom stereocenters. The van der Waals surface area contributed by atoms with Crippen LogP contribution in [-0.2, 0) is 17.8 Å². The summed E-state index contributed by atoms with van der Waals surface area (Å²) in [5.74, 6) is -0.283. The number of piperazine rings is 1. The number of benzene rings is 1. The zero-order valence-electron chi connectivity index (χ0n) is 18.7. The van der Waals surface area contributed by atoms with Crippen molar-refractivity contribution in [1.29, 1.82) is 0 Å². The average molecular weight is 469 g/mol. The van der Waals surface area contributed by atoms with Gasteiger partial charge in [-0.15, -0.1) is 0 Å². The zero-order chi connectivity index (χ0) is 23.5. The first-order valence-corrected chi connectivity index (χ1v) is 11.4. The number of nitrogens with zero attached hydrogens (tertiary/aromatic N) is 4. The molecule has 8 heteroatoms. The van der Waals surface area contributed by atoms with Crippen LogP contribution in [-0.4, -0.2) is 46.5 Å². The zero-order valence-corrected chi connectivity index (χ0v) is 19.5. The second-order valence-electron chi connectivity index (χ2n) is 8.09. The van der Waals surface area contributed by atoms with E-state index in [0.717, 1.165) is 5.56 Å². The largest absolute Gasteiger partial charge is 0.351 e. The smallest absolute Gasteiger partial charge is 0.219 e. The molecule has 2 aromatic heterocycles. The number of fused-ring (bicyclic) bond motifs is 1. The van der Waals surface area contributed by atoms with Gasteiger partial charge in [0.05, 0.1) is 5.39 Å². The number of amides is 1. The standard InChI is InChI=1S/C25H26ClFN4O2/c1-3-29-16-19(6-4-5-18-7-9-20(26)10-8-18)23(33)21-15-22(27)25(28-24(21)29)31-13-11-30(12-14-31)17(2)32/h4-5,7-10,15-16H,3,6,11-14H2,1-2H3. The van der Waals surface area contributed by atoms with Crippen LogP contribution >= 0.6 is 11.6 Å². The molecule has 0 radical (unpaired) electrons. The Morgan fingerprint density at radius 2 is 1.88 bits per heavy atom. The number of rotatable bonds is 5. The SMILES string of the molecule is CCn1cc(CC=Cc2ccc(Cl)cc2)c(=O)c2cc(F)c(N3CCN(C(C)=O)CC3)nc21. The summed E-state index contributed by atoms with van der Waals surface area (Å²) in [4.78, 5) is 32.8. The van der Waals surface area contributed by atoms with Gasteiger partial charge in [0, 0.05) is 56.4 Å². The van der Waals surface area contributed by atoms with Gasteiger partial charge in [0.25, 0.3) is 0 Å². The van der Waals surface area contributed by atoms with Crippen LogP contribution in [0.5, 0.6) is 0 Å². The van der Waals surface area contributed by atoms with Crippen molar-refractivity contribution in [3.05, 3.63) is 74.8 Å². The molecule has 4 rings (SSSR count). The van der Waals surface area contributed by atoms with Gasteiger partial charge in [0.2, 0.25) is 5.91 Å². The van der Waals surface area contributed by atoms with E-state index in [0.29, 0.717) is 55.4 Å². The van der Waals surface area contributed by atoms with E-state index in [1.54, 1.807) is 11.1 Å². The fourth-order valence-corrected chi connectivity index (χ4v) is 4.20. The van der Waals surface area contributed by atoms with E-state index in [1.165, 1.54) is 13.0 Å². The predicted octanol–water partition coefficient (Wildman–Crippen LogP) is 4.13. The Morgan fingerprint density at radius 1 is 1.18 bits per heavy atom. The van der Waals surface area contributed by atoms with E-state index in [2.05, 4.69) is 4.98 Å². The molecule has 0 spiro atoms. The molecule has 1 saturated heterocycles. The van der Waals surface area contributed by atoms with Crippen LogP contribution in [0.3, 0.4) is 0 Å². The number of allylic oxidation sites excluding steroid dienone is 1. The molecule has 0 aliphatic carbocycles. The van der Waals surface area contributed by atoms with Crippen molar-refractivity contribution in [2.24, 2.45) is 0 Å². The molecule has 1 amide bonds. The van der Waals surface area contributed by atoms with Crippen molar-refractivity contribution in [3.63, 3.8) is 0 Å². The van der Waals surface area contributed by atoms with Crippen molar-refractivity contribution < 1.29 is 9.18 Å². The molecule has 1 fully saturated rings. The first-order chi connectivity index (χ1) is 15.9. The lowest BCUT2D eigenvalue weighted by molar-refractivity contribution is -0.129.